The smallest absolute Gasteiger partial charge is 0.230 e. The molecule has 86 valence electrons. The van der Waals surface area contributed by atoms with Crippen LogP contribution in [0.15, 0.2) is 24.2 Å². The van der Waals surface area contributed by atoms with Gasteiger partial charge in [-0.2, -0.15) is 4.98 Å². The molecule has 0 saturated carbocycles. The van der Waals surface area contributed by atoms with E-state index < -0.39 is 0 Å². The van der Waals surface area contributed by atoms with E-state index in [4.69, 9.17) is 10.1 Å². The first-order chi connectivity index (χ1) is 7.80. The first kappa shape index (κ1) is 12.0. The number of rotatable bonds is 6. The van der Waals surface area contributed by atoms with Crippen LogP contribution in [0.3, 0.4) is 0 Å². The molecule has 0 spiro atoms. The molecule has 0 unspecified atom stereocenters. The van der Waals surface area contributed by atoms with Crippen LogP contribution < -0.4 is 15.4 Å². The summed E-state index contributed by atoms with van der Waals surface area (Å²) >= 11 is 0. The second-order valence-corrected chi connectivity index (χ2v) is 2.85. The average Bonchev–Trinajstić information content (AvgIpc) is 2.34. The molecule has 0 saturated heterocycles. The number of allylic oxidation sites excluding steroid dienone is 1. The molecular weight excluding hydrogens is 206 g/mol. The molecular formula is C10H15N5O. The molecule has 1 rings (SSSR count). The average molecular weight is 221 g/mol. The van der Waals surface area contributed by atoms with Crippen LogP contribution in [0.25, 0.3) is 0 Å². The van der Waals surface area contributed by atoms with Gasteiger partial charge in [0.05, 0.1) is 12.8 Å². The zero-order valence-electron chi connectivity index (χ0n) is 9.32. The maximum atomic E-state index is 7.20. The highest BCUT2D eigenvalue weighted by molar-refractivity contribution is 5.79. The fourth-order valence-corrected chi connectivity index (χ4v) is 0.971. The number of hydrogen-bond acceptors (Lipinski definition) is 6. The lowest BCUT2D eigenvalue weighted by molar-refractivity contribution is 0.397. The SMILES string of the molecule is CCN/C=C(\C=N)Nc1nccc(OC)n1. The molecule has 0 radical (unpaired) electrons. The zero-order chi connectivity index (χ0) is 11.8. The Morgan fingerprint density at radius 2 is 2.44 bits per heavy atom. The van der Waals surface area contributed by atoms with E-state index in [1.165, 1.54) is 13.3 Å². The maximum Gasteiger partial charge on any atom is 0.230 e. The minimum absolute atomic E-state index is 0.395. The van der Waals surface area contributed by atoms with Crippen molar-refractivity contribution in [2.24, 2.45) is 0 Å². The summed E-state index contributed by atoms with van der Waals surface area (Å²) in [6.07, 6.45) is 4.46. The van der Waals surface area contributed by atoms with Crippen LogP contribution in [0.1, 0.15) is 6.92 Å². The molecule has 16 heavy (non-hydrogen) atoms. The molecule has 1 heterocycles. The summed E-state index contributed by atoms with van der Waals surface area (Å²) in [7, 11) is 1.54. The van der Waals surface area contributed by atoms with Crippen molar-refractivity contribution in [1.82, 2.24) is 15.3 Å². The van der Waals surface area contributed by atoms with Crippen molar-refractivity contribution in [1.29, 1.82) is 5.41 Å². The first-order valence-corrected chi connectivity index (χ1v) is 4.88. The van der Waals surface area contributed by atoms with E-state index in [1.807, 2.05) is 6.92 Å². The minimum atomic E-state index is 0.395. The van der Waals surface area contributed by atoms with Crippen LogP contribution >= 0.6 is 0 Å². The number of hydrogen-bond donors (Lipinski definition) is 3. The topological polar surface area (TPSA) is 82.9 Å². The Balaban J connectivity index is 2.73. The van der Waals surface area contributed by atoms with Gasteiger partial charge in [0.15, 0.2) is 0 Å². The van der Waals surface area contributed by atoms with Crippen molar-refractivity contribution in [2.45, 2.75) is 6.92 Å². The lowest BCUT2D eigenvalue weighted by Gasteiger charge is -2.06. The van der Waals surface area contributed by atoms with Gasteiger partial charge in [0.1, 0.15) is 0 Å². The Bertz CT molecular complexity index is 377. The van der Waals surface area contributed by atoms with Gasteiger partial charge >= 0.3 is 0 Å². The summed E-state index contributed by atoms with van der Waals surface area (Å²) in [5.74, 6) is 0.872. The van der Waals surface area contributed by atoms with Crippen LogP contribution in [0.5, 0.6) is 5.88 Å². The van der Waals surface area contributed by atoms with E-state index in [2.05, 4.69) is 20.6 Å². The summed E-state index contributed by atoms with van der Waals surface area (Å²) in [6.45, 7) is 2.76. The summed E-state index contributed by atoms with van der Waals surface area (Å²) in [5.41, 5.74) is 0.579. The van der Waals surface area contributed by atoms with Crippen molar-refractivity contribution < 1.29 is 4.74 Å². The van der Waals surface area contributed by atoms with E-state index in [-0.39, 0.29) is 0 Å². The molecule has 6 nitrogen and oxygen atoms in total. The third-order valence-corrected chi connectivity index (χ3v) is 1.71. The molecule has 6 heteroatoms. The first-order valence-electron chi connectivity index (χ1n) is 4.88. The van der Waals surface area contributed by atoms with E-state index >= 15 is 0 Å². The molecule has 1 aromatic heterocycles. The van der Waals surface area contributed by atoms with Gasteiger partial charge in [0, 0.05) is 31.2 Å². The highest BCUT2D eigenvalue weighted by Gasteiger charge is 1.99. The van der Waals surface area contributed by atoms with E-state index in [9.17, 15) is 0 Å². The van der Waals surface area contributed by atoms with Gasteiger partial charge < -0.3 is 20.8 Å². The monoisotopic (exact) mass is 221 g/mol. The second-order valence-electron chi connectivity index (χ2n) is 2.85. The Morgan fingerprint density at radius 3 is 3.06 bits per heavy atom. The zero-order valence-corrected chi connectivity index (χ0v) is 9.32. The van der Waals surface area contributed by atoms with E-state index in [1.54, 1.807) is 18.5 Å². The number of aromatic nitrogens is 2. The lowest BCUT2D eigenvalue weighted by Crippen LogP contribution is -2.11. The number of anilines is 1. The molecule has 0 aromatic carbocycles. The quantitative estimate of drug-likeness (QED) is 0.624. The minimum Gasteiger partial charge on any atom is -0.481 e. The normalized spacial score (nSPS) is 10.8. The predicted octanol–water partition coefficient (Wildman–Crippen LogP) is 0.998. The van der Waals surface area contributed by atoms with Crippen molar-refractivity contribution in [3.8, 4) is 5.88 Å². The van der Waals surface area contributed by atoms with Crippen molar-refractivity contribution >= 4 is 12.2 Å². The summed E-state index contributed by atoms with van der Waals surface area (Å²) < 4.78 is 4.97. The highest BCUT2D eigenvalue weighted by Crippen LogP contribution is 2.08. The van der Waals surface area contributed by atoms with Crippen LogP contribution in [0, 0.1) is 5.41 Å². The van der Waals surface area contributed by atoms with Crippen LogP contribution in [-0.4, -0.2) is 29.8 Å². The third-order valence-electron chi connectivity index (χ3n) is 1.71. The molecule has 0 bridgehead atoms. The Labute approximate surface area is 94.3 Å². The van der Waals surface area contributed by atoms with Gasteiger partial charge in [-0.3, -0.25) is 0 Å². The van der Waals surface area contributed by atoms with Gasteiger partial charge in [0.2, 0.25) is 11.8 Å². The second kappa shape index (κ2) is 6.39. The Kier molecular flexibility index (Phi) is 4.78. The number of ether oxygens (including phenoxy) is 1. The number of nitrogens with zero attached hydrogens (tertiary/aromatic N) is 2. The van der Waals surface area contributed by atoms with Crippen molar-refractivity contribution in [3.63, 3.8) is 0 Å². The molecule has 0 aliphatic rings. The summed E-state index contributed by atoms with van der Waals surface area (Å²) in [5, 5.41) is 13.1. The molecule has 3 N–H and O–H groups in total. The molecule has 1 aromatic rings. The van der Waals surface area contributed by atoms with Gasteiger partial charge in [-0.15, -0.1) is 0 Å². The van der Waals surface area contributed by atoms with Crippen molar-refractivity contribution in [3.05, 3.63) is 24.2 Å². The fourth-order valence-electron chi connectivity index (χ4n) is 0.971. The van der Waals surface area contributed by atoms with Gasteiger partial charge in [-0.05, 0) is 6.92 Å². The highest BCUT2D eigenvalue weighted by atomic mass is 16.5. The molecule has 0 aliphatic heterocycles. The van der Waals surface area contributed by atoms with Crippen LogP contribution in [0.2, 0.25) is 0 Å². The molecule has 0 atom stereocenters. The van der Waals surface area contributed by atoms with Crippen molar-refractivity contribution in [2.75, 3.05) is 19.0 Å². The summed E-state index contributed by atoms with van der Waals surface area (Å²) in [4.78, 5) is 8.08. The largest absolute Gasteiger partial charge is 0.481 e. The Hall–Kier alpha value is -2.11. The predicted molar refractivity (Wildman–Crippen MR) is 62.8 cm³/mol. The lowest BCUT2D eigenvalue weighted by atomic mass is 10.5. The van der Waals surface area contributed by atoms with Gasteiger partial charge in [0.25, 0.3) is 0 Å². The van der Waals surface area contributed by atoms with E-state index in [0.29, 0.717) is 17.5 Å². The molecule has 0 fully saturated rings. The summed E-state index contributed by atoms with van der Waals surface area (Å²) in [6, 6.07) is 1.66. The Morgan fingerprint density at radius 1 is 1.62 bits per heavy atom. The van der Waals surface area contributed by atoms with Crippen LogP contribution in [0.4, 0.5) is 5.95 Å². The van der Waals surface area contributed by atoms with E-state index in [0.717, 1.165) is 6.54 Å². The third kappa shape index (κ3) is 3.56. The number of methoxy groups -OCH3 is 1. The van der Waals surface area contributed by atoms with Gasteiger partial charge in [-0.25, -0.2) is 4.98 Å². The maximum absolute atomic E-state index is 7.20. The van der Waals surface area contributed by atoms with Crippen LogP contribution in [-0.2, 0) is 0 Å². The van der Waals surface area contributed by atoms with Gasteiger partial charge in [-0.1, -0.05) is 0 Å². The number of nitrogens with one attached hydrogen (secondary N) is 3. The molecule has 0 aliphatic carbocycles. The molecule has 0 amide bonds. The fraction of sp³-hybridized carbons (Fsp3) is 0.300. The standard InChI is InChI=1S/C10H15N5O/c1-3-12-7-8(6-11)14-10-13-5-4-9(15-10)16-2/h4-7,11-12H,3H2,1-2H3,(H,13,14,15)/b8-7+,11-6?.